The van der Waals surface area contributed by atoms with Crippen LogP contribution in [-0.2, 0) is 20.7 Å². The fraction of sp³-hybridized carbons (Fsp3) is 0.500. The van der Waals surface area contributed by atoms with Crippen LogP contribution < -0.4 is 0 Å². The Kier molecular flexibility index (Phi) is 4.77. The molecular weight excluding hydrogens is 254 g/mol. The van der Waals surface area contributed by atoms with Gasteiger partial charge in [-0.1, -0.05) is 29.8 Å². The summed E-state index contributed by atoms with van der Waals surface area (Å²) in [6, 6.07) is 7.81. The summed E-state index contributed by atoms with van der Waals surface area (Å²) in [6.45, 7) is 2.70. The van der Waals surface area contributed by atoms with E-state index in [2.05, 4.69) is 0 Å². The molecule has 0 radical (unpaired) electrons. The summed E-state index contributed by atoms with van der Waals surface area (Å²) in [6.07, 6.45) is 2.74. The lowest BCUT2D eigenvalue weighted by molar-refractivity contribution is -0.150. The number of ether oxygens (including phenoxy) is 1. The van der Waals surface area contributed by atoms with Gasteiger partial charge < -0.3 is 9.64 Å². The van der Waals surface area contributed by atoms with E-state index in [1.54, 1.807) is 4.90 Å². The number of benzene rings is 1. The monoisotopic (exact) mass is 275 g/mol. The van der Waals surface area contributed by atoms with E-state index in [1.165, 1.54) is 12.7 Å². The lowest BCUT2D eigenvalue weighted by atomic mass is 10.1. The lowest BCUT2D eigenvalue weighted by Gasteiger charge is -2.22. The molecule has 1 aliphatic heterocycles. The van der Waals surface area contributed by atoms with Crippen LogP contribution in [0, 0.1) is 6.92 Å². The fourth-order valence-electron chi connectivity index (χ4n) is 2.60. The normalized spacial score (nSPS) is 18.1. The van der Waals surface area contributed by atoms with E-state index >= 15 is 0 Å². The molecular formula is C16H21NO3. The number of carbonyl (C=O) groups excluding carboxylic acids is 2. The molecule has 0 spiro atoms. The Labute approximate surface area is 119 Å². The van der Waals surface area contributed by atoms with Crippen LogP contribution in [0.5, 0.6) is 0 Å². The number of nitrogens with zero attached hydrogens (tertiary/aromatic N) is 1. The van der Waals surface area contributed by atoms with Gasteiger partial charge in [0.05, 0.1) is 7.11 Å². The molecule has 1 saturated heterocycles. The second kappa shape index (κ2) is 6.55. The van der Waals surface area contributed by atoms with Crippen molar-refractivity contribution in [3.8, 4) is 0 Å². The van der Waals surface area contributed by atoms with Crippen LogP contribution in [0.3, 0.4) is 0 Å². The first kappa shape index (κ1) is 14.6. The molecule has 1 aromatic carbocycles. The van der Waals surface area contributed by atoms with Gasteiger partial charge >= 0.3 is 5.97 Å². The zero-order valence-corrected chi connectivity index (χ0v) is 12.1. The largest absolute Gasteiger partial charge is 0.467 e. The van der Waals surface area contributed by atoms with Crippen LogP contribution in [-0.4, -0.2) is 36.5 Å². The average molecular weight is 275 g/mol. The molecule has 1 aliphatic rings. The van der Waals surface area contributed by atoms with E-state index in [1.807, 2.05) is 31.2 Å². The zero-order chi connectivity index (χ0) is 14.5. The smallest absolute Gasteiger partial charge is 0.328 e. The molecule has 4 nitrogen and oxygen atoms in total. The Morgan fingerprint density at radius 1 is 1.30 bits per heavy atom. The molecule has 1 unspecified atom stereocenters. The van der Waals surface area contributed by atoms with Crippen molar-refractivity contribution in [3.63, 3.8) is 0 Å². The molecule has 0 aliphatic carbocycles. The predicted molar refractivity (Wildman–Crippen MR) is 76.3 cm³/mol. The van der Waals surface area contributed by atoms with E-state index in [0.717, 1.165) is 12.0 Å². The number of hydrogen-bond donors (Lipinski definition) is 0. The highest BCUT2D eigenvalue weighted by molar-refractivity contribution is 5.85. The third-order valence-electron chi connectivity index (χ3n) is 3.79. The Hall–Kier alpha value is -1.84. The van der Waals surface area contributed by atoms with Gasteiger partial charge in [-0.15, -0.1) is 0 Å². The Morgan fingerprint density at radius 2 is 2.00 bits per heavy atom. The van der Waals surface area contributed by atoms with Gasteiger partial charge in [-0.2, -0.15) is 0 Å². The SMILES string of the molecule is COC(=O)C1CCCN1C(=O)CCc1ccc(C)cc1. The molecule has 1 aromatic rings. The van der Waals surface area contributed by atoms with E-state index in [0.29, 0.717) is 25.8 Å². The standard InChI is InChI=1S/C16H21NO3/c1-12-5-7-13(8-6-12)9-10-15(18)17-11-3-4-14(17)16(19)20-2/h5-8,14H,3-4,9-11H2,1-2H3. The number of amides is 1. The van der Waals surface area contributed by atoms with Crippen molar-refractivity contribution >= 4 is 11.9 Å². The molecule has 1 amide bonds. The van der Waals surface area contributed by atoms with Gasteiger partial charge in [-0.25, -0.2) is 4.79 Å². The maximum absolute atomic E-state index is 12.2. The first-order valence-corrected chi connectivity index (χ1v) is 7.04. The molecule has 0 saturated carbocycles. The van der Waals surface area contributed by atoms with Gasteiger partial charge in [-0.3, -0.25) is 4.79 Å². The predicted octanol–water partition coefficient (Wildman–Crippen LogP) is 2.09. The molecule has 1 heterocycles. The lowest BCUT2D eigenvalue weighted by Crippen LogP contribution is -2.41. The number of carbonyl (C=O) groups is 2. The van der Waals surface area contributed by atoms with Crippen LogP contribution >= 0.6 is 0 Å². The van der Waals surface area contributed by atoms with Gasteiger partial charge in [0.2, 0.25) is 5.91 Å². The van der Waals surface area contributed by atoms with E-state index in [-0.39, 0.29) is 17.9 Å². The second-order valence-corrected chi connectivity index (χ2v) is 5.25. The van der Waals surface area contributed by atoms with Crippen molar-refractivity contribution in [2.45, 2.75) is 38.6 Å². The Bertz CT molecular complexity index is 481. The molecule has 0 aromatic heterocycles. The van der Waals surface area contributed by atoms with Crippen molar-refractivity contribution in [2.75, 3.05) is 13.7 Å². The Morgan fingerprint density at radius 3 is 2.65 bits per heavy atom. The molecule has 1 atom stereocenters. The number of esters is 1. The first-order chi connectivity index (χ1) is 9.61. The topological polar surface area (TPSA) is 46.6 Å². The fourth-order valence-corrected chi connectivity index (χ4v) is 2.60. The van der Waals surface area contributed by atoms with Gasteiger partial charge in [0.15, 0.2) is 0 Å². The summed E-state index contributed by atoms with van der Waals surface area (Å²) < 4.78 is 4.76. The molecule has 4 heteroatoms. The van der Waals surface area contributed by atoms with Crippen molar-refractivity contribution in [1.82, 2.24) is 4.90 Å². The number of rotatable bonds is 4. The minimum atomic E-state index is -0.384. The zero-order valence-electron chi connectivity index (χ0n) is 12.1. The summed E-state index contributed by atoms with van der Waals surface area (Å²) in [5.41, 5.74) is 2.36. The number of methoxy groups -OCH3 is 1. The summed E-state index contributed by atoms with van der Waals surface area (Å²) in [4.78, 5) is 25.5. The van der Waals surface area contributed by atoms with Gasteiger partial charge in [0.25, 0.3) is 0 Å². The highest BCUT2D eigenvalue weighted by Gasteiger charge is 2.34. The second-order valence-electron chi connectivity index (χ2n) is 5.25. The summed E-state index contributed by atoms with van der Waals surface area (Å²) in [7, 11) is 1.37. The van der Waals surface area contributed by atoms with Crippen molar-refractivity contribution in [1.29, 1.82) is 0 Å². The van der Waals surface area contributed by atoms with E-state index < -0.39 is 0 Å². The van der Waals surface area contributed by atoms with E-state index in [4.69, 9.17) is 4.74 Å². The van der Waals surface area contributed by atoms with Crippen LogP contribution in [0.2, 0.25) is 0 Å². The molecule has 0 bridgehead atoms. The van der Waals surface area contributed by atoms with E-state index in [9.17, 15) is 9.59 Å². The minimum absolute atomic E-state index is 0.0403. The minimum Gasteiger partial charge on any atom is -0.467 e. The van der Waals surface area contributed by atoms with Gasteiger partial charge in [0, 0.05) is 13.0 Å². The van der Waals surface area contributed by atoms with Gasteiger partial charge in [-0.05, 0) is 31.7 Å². The Balaban J connectivity index is 1.91. The third-order valence-corrected chi connectivity index (χ3v) is 3.79. The van der Waals surface area contributed by atoms with Crippen LogP contribution in [0.25, 0.3) is 0 Å². The number of likely N-dealkylation sites (tertiary alicyclic amines) is 1. The van der Waals surface area contributed by atoms with Crippen molar-refractivity contribution in [2.24, 2.45) is 0 Å². The first-order valence-electron chi connectivity index (χ1n) is 7.04. The third kappa shape index (κ3) is 3.38. The molecule has 2 rings (SSSR count). The van der Waals surface area contributed by atoms with Crippen molar-refractivity contribution in [3.05, 3.63) is 35.4 Å². The molecule has 1 fully saturated rings. The number of hydrogen-bond acceptors (Lipinski definition) is 3. The molecule has 108 valence electrons. The maximum atomic E-state index is 12.2. The summed E-state index contributed by atoms with van der Waals surface area (Å²) in [5.74, 6) is -0.260. The van der Waals surface area contributed by atoms with Gasteiger partial charge in [0.1, 0.15) is 6.04 Å². The highest BCUT2D eigenvalue weighted by atomic mass is 16.5. The highest BCUT2D eigenvalue weighted by Crippen LogP contribution is 2.20. The van der Waals surface area contributed by atoms with Crippen LogP contribution in [0.1, 0.15) is 30.4 Å². The summed E-state index contributed by atoms with van der Waals surface area (Å²) in [5, 5.41) is 0. The maximum Gasteiger partial charge on any atom is 0.328 e. The quantitative estimate of drug-likeness (QED) is 0.790. The van der Waals surface area contributed by atoms with Crippen LogP contribution in [0.15, 0.2) is 24.3 Å². The average Bonchev–Trinajstić information content (AvgIpc) is 2.95. The molecule has 20 heavy (non-hydrogen) atoms. The number of aryl methyl sites for hydroxylation is 2. The van der Waals surface area contributed by atoms with Crippen molar-refractivity contribution < 1.29 is 14.3 Å². The molecule has 0 N–H and O–H groups in total. The summed E-state index contributed by atoms with van der Waals surface area (Å²) >= 11 is 0. The van der Waals surface area contributed by atoms with Crippen LogP contribution in [0.4, 0.5) is 0 Å².